The minimum Gasteiger partial charge on any atom is -0.480 e. The van der Waals surface area contributed by atoms with E-state index < -0.39 is 23.9 Å². The van der Waals surface area contributed by atoms with Crippen LogP contribution in [-0.2, 0) is 20.8 Å². The van der Waals surface area contributed by atoms with E-state index in [-0.39, 0.29) is 5.75 Å². The normalized spacial score (nSPS) is 11.6. The molecular weight excluding hydrogens is 314 g/mol. The summed E-state index contributed by atoms with van der Waals surface area (Å²) < 4.78 is 0. The highest BCUT2D eigenvalue weighted by Gasteiger charge is 2.23. The molecule has 0 bridgehead atoms. The number of benzene rings is 1. The van der Waals surface area contributed by atoms with Crippen LogP contribution in [0.1, 0.15) is 5.56 Å². The Hall–Kier alpha value is -1.67. The van der Waals surface area contributed by atoms with E-state index in [0.717, 1.165) is 12.2 Å². The van der Waals surface area contributed by atoms with Crippen molar-refractivity contribution >= 4 is 39.4 Å². The van der Waals surface area contributed by atoms with E-state index in [1.807, 2.05) is 35.6 Å². The number of nitrogens with one attached hydrogen (secondary N) is 1. The van der Waals surface area contributed by atoms with E-state index in [2.05, 4.69) is 0 Å². The van der Waals surface area contributed by atoms with Crippen molar-refractivity contribution in [2.45, 2.75) is 12.5 Å². The summed E-state index contributed by atoms with van der Waals surface area (Å²) in [5.41, 5.74) is 1.19. The van der Waals surface area contributed by atoms with Crippen molar-refractivity contribution < 1.29 is 24.6 Å². The fourth-order valence-corrected chi connectivity index (χ4v) is 3.57. The molecule has 0 radical (unpaired) electrons. The summed E-state index contributed by atoms with van der Waals surface area (Å²) in [4.78, 5) is 32.2. The fourth-order valence-electron chi connectivity index (χ4n) is 1.37. The molecule has 8 heteroatoms. The first kappa shape index (κ1) is 17.4. The van der Waals surface area contributed by atoms with Gasteiger partial charge in [-0.05, 0) is 12.0 Å². The summed E-state index contributed by atoms with van der Waals surface area (Å²) in [6.45, 7) is 0. The monoisotopic (exact) mass is 329 g/mol. The lowest BCUT2D eigenvalue weighted by Gasteiger charge is -2.12. The minimum absolute atomic E-state index is 0.105. The molecule has 0 aliphatic rings. The Morgan fingerprint density at radius 3 is 2.33 bits per heavy atom. The topological polar surface area (TPSA) is 104 Å². The smallest absolute Gasteiger partial charge is 0.394 e. The van der Waals surface area contributed by atoms with Gasteiger partial charge in [-0.2, -0.15) is 0 Å². The molecule has 0 saturated carbocycles. The average molecular weight is 329 g/mol. The van der Waals surface area contributed by atoms with Crippen LogP contribution in [0.15, 0.2) is 30.3 Å². The van der Waals surface area contributed by atoms with Gasteiger partial charge in [0.25, 0.3) is 0 Å². The van der Waals surface area contributed by atoms with Crippen LogP contribution in [0.25, 0.3) is 0 Å². The number of hydrogen-bond acceptors (Lipinski definition) is 5. The van der Waals surface area contributed by atoms with Gasteiger partial charge in [0, 0.05) is 11.5 Å². The highest BCUT2D eigenvalue weighted by molar-refractivity contribution is 8.76. The molecule has 0 aromatic heterocycles. The van der Waals surface area contributed by atoms with Crippen molar-refractivity contribution in [2.24, 2.45) is 0 Å². The maximum Gasteiger partial charge on any atom is 0.394 e. The third kappa shape index (κ3) is 7.05. The molecule has 0 saturated heterocycles. The highest BCUT2D eigenvalue weighted by Crippen LogP contribution is 2.23. The van der Waals surface area contributed by atoms with Crippen LogP contribution in [0.4, 0.5) is 0 Å². The Bertz CT molecular complexity index is 495. The predicted molar refractivity (Wildman–Crippen MR) is 82.3 cm³/mol. The predicted octanol–water partition coefficient (Wildman–Crippen LogP) is 1.26. The molecular formula is C13H15NO5S2. The van der Waals surface area contributed by atoms with Gasteiger partial charge in [0.05, 0.1) is 0 Å². The summed E-state index contributed by atoms with van der Waals surface area (Å²) in [6, 6.07) is 8.66. The van der Waals surface area contributed by atoms with Gasteiger partial charge >= 0.3 is 17.8 Å². The fraction of sp³-hybridized carbons (Fsp3) is 0.308. The van der Waals surface area contributed by atoms with Gasteiger partial charge in [0.15, 0.2) is 0 Å². The first-order chi connectivity index (χ1) is 10.0. The van der Waals surface area contributed by atoms with E-state index in [1.165, 1.54) is 27.2 Å². The Morgan fingerprint density at radius 1 is 1.10 bits per heavy atom. The standard InChI is InChI=1S/C13H15NO5S2/c15-11(13(18)19)14-10(12(16)17)8-21-20-7-6-9-4-2-1-3-5-9/h1-5,10H,6-8H2,(H,14,15)(H,16,17)(H,18,19)/t10-/m0/s1. The molecule has 1 aromatic rings. The van der Waals surface area contributed by atoms with E-state index in [4.69, 9.17) is 10.2 Å². The SMILES string of the molecule is O=C(O)C(=O)N[C@@H](CSSCCc1ccccc1)C(=O)O. The molecule has 3 N–H and O–H groups in total. The lowest BCUT2D eigenvalue weighted by atomic mass is 10.2. The minimum atomic E-state index is -1.69. The summed E-state index contributed by atoms with van der Waals surface area (Å²) >= 11 is 0. The molecule has 0 heterocycles. The number of carbonyl (C=O) groups excluding carboxylic acids is 1. The van der Waals surface area contributed by atoms with Crippen LogP contribution in [-0.4, -0.2) is 45.6 Å². The molecule has 0 fully saturated rings. The molecule has 0 aliphatic heterocycles. The number of carboxylic acid groups (broad SMARTS) is 2. The number of carboxylic acids is 2. The van der Waals surface area contributed by atoms with E-state index in [0.29, 0.717) is 0 Å². The third-order valence-corrected chi connectivity index (χ3v) is 4.85. The number of rotatable bonds is 8. The molecule has 6 nitrogen and oxygen atoms in total. The summed E-state index contributed by atoms with van der Waals surface area (Å²) in [7, 11) is 2.77. The summed E-state index contributed by atoms with van der Waals surface area (Å²) in [5.74, 6) is -3.34. The second kappa shape index (κ2) is 9.30. The zero-order valence-electron chi connectivity index (χ0n) is 11.0. The van der Waals surface area contributed by atoms with Gasteiger partial charge in [0.2, 0.25) is 0 Å². The van der Waals surface area contributed by atoms with E-state index >= 15 is 0 Å². The van der Waals surface area contributed by atoms with Crippen LogP contribution >= 0.6 is 21.6 Å². The third-order valence-electron chi connectivity index (χ3n) is 2.43. The van der Waals surface area contributed by atoms with Crippen LogP contribution in [0, 0.1) is 0 Å². The van der Waals surface area contributed by atoms with Crippen molar-refractivity contribution in [2.75, 3.05) is 11.5 Å². The lowest BCUT2D eigenvalue weighted by Crippen LogP contribution is -2.45. The number of aliphatic carboxylic acids is 2. The molecule has 0 aliphatic carbocycles. The van der Waals surface area contributed by atoms with E-state index in [9.17, 15) is 14.4 Å². The van der Waals surface area contributed by atoms with Gasteiger partial charge in [-0.3, -0.25) is 4.79 Å². The number of hydrogen-bond donors (Lipinski definition) is 3. The molecule has 1 aromatic carbocycles. The Balaban J connectivity index is 2.26. The molecule has 1 rings (SSSR count). The summed E-state index contributed by atoms with van der Waals surface area (Å²) in [5, 5.41) is 19.3. The van der Waals surface area contributed by atoms with Gasteiger partial charge in [0.1, 0.15) is 6.04 Å². The van der Waals surface area contributed by atoms with Crippen LogP contribution < -0.4 is 5.32 Å². The lowest BCUT2D eigenvalue weighted by molar-refractivity contribution is -0.151. The number of carbonyl (C=O) groups is 3. The number of amides is 1. The van der Waals surface area contributed by atoms with Crippen LogP contribution in [0.3, 0.4) is 0 Å². The zero-order chi connectivity index (χ0) is 15.7. The van der Waals surface area contributed by atoms with E-state index in [1.54, 1.807) is 0 Å². The molecule has 1 atom stereocenters. The van der Waals surface area contributed by atoms with Crippen LogP contribution in [0.5, 0.6) is 0 Å². The first-order valence-electron chi connectivity index (χ1n) is 6.05. The molecule has 114 valence electrons. The van der Waals surface area contributed by atoms with Crippen molar-refractivity contribution in [1.82, 2.24) is 5.32 Å². The zero-order valence-corrected chi connectivity index (χ0v) is 12.7. The van der Waals surface area contributed by atoms with Gasteiger partial charge in [-0.1, -0.05) is 51.9 Å². The van der Waals surface area contributed by atoms with Crippen molar-refractivity contribution in [3.63, 3.8) is 0 Å². The maximum absolute atomic E-state index is 10.9. The largest absolute Gasteiger partial charge is 0.480 e. The van der Waals surface area contributed by atoms with Gasteiger partial charge in [-0.25, -0.2) is 9.59 Å². The van der Waals surface area contributed by atoms with Crippen LogP contribution in [0.2, 0.25) is 0 Å². The quantitative estimate of drug-likeness (QED) is 0.375. The van der Waals surface area contributed by atoms with Gasteiger partial charge < -0.3 is 15.5 Å². The second-order valence-electron chi connectivity index (χ2n) is 4.01. The number of aryl methyl sites for hydroxylation is 1. The molecule has 1 amide bonds. The Labute approximate surface area is 129 Å². The molecule has 21 heavy (non-hydrogen) atoms. The molecule has 0 unspecified atom stereocenters. The summed E-state index contributed by atoms with van der Waals surface area (Å²) in [6.07, 6.45) is 0.859. The maximum atomic E-state index is 10.9. The second-order valence-corrected chi connectivity index (χ2v) is 6.64. The average Bonchev–Trinajstić information content (AvgIpc) is 2.46. The van der Waals surface area contributed by atoms with Crippen molar-refractivity contribution in [1.29, 1.82) is 0 Å². The van der Waals surface area contributed by atoms with Gasteiger partial charge in [-0.15, -0.1) is 0 Å². The Kier molecular flexibility index (Phi) is 7.70. The Morgan fingerprint density at radius 2 is 1.76 bits per heavy atom. The highest BCUT2D eigenvalue weighted by atomic mass is 33.1. The first-order valence-corrected chi connectivity index (χ1v) is 8.54. The van der Waals surface area contributed by atoms with Crippen molar-refractivity contribution in [3.8, 4) is 0 Å². The van der Waals surface area contributed by atoms with Crippen molar-refractivity contribution in [3.05, 3.63) is 35.9 Å². The molecule has 0 spiro atoms.